The summed E-state index contributed by atoms with van der Waals surface area (Å²) in [7, 11) is 0. The molecule has 0 bridgehead atoms. The number of imidazole rings is 1. The highest BCUT2D eigenvalue weighted by Gasteiger charge is 2.21. The Bertz CT molecular complexity index is 2330. The minimum Gasteiger partial charge on any atom is -0.307 e. The molecule has 0 radical (unpaired) electrons. The Balaban J connectivity index is 1.53. The molecule has 0 amide bonds. The smallest absolute Gasteiger partial charge is 0.155 e. The normalized spacial score (nSPS) is 12.4. The molecular weight excluding hydrogens is 480 g/mol. The Hall–Kier alpha value is -4.26. The van der Waals surface area contributed by atoms with Crippen molar-refractivity contribution in [1.82, 2.24) is 19.2 Å². The molecule has 0 atom stereocenters. The lowest BCUT2D eigenvalue weighted by atomic mass is 10.1. The van der Waals surface area contributed by atoms with Crippen LogP contribution in [0, 0.1) is 0 Å². The Labute approximate surface area is 212 Å². The van der Waals surface area contributed by atoms with E-state index in [1.165, 1.54) is 57.8 Å². The van der Waals surface area contributed by atoms with E-state index in [1.54, 1.807) is 11.3 Å². The average Bonchev–Trinajstić information content (AvgIpc) is 3.66. The molecule has 9 aromatic rings. The topological polar surface area (TPSA) is 35.1 Å². The standard InChI is InChI=1S/C30H16N4S2/c1-3-9-21-17(7-1)19-14-15-20-18-8-2-4-11-23(18)35-29(20)28(19)33(21)22-10-5-12-24-26(22)27-30(36-24)34-25(32-27)13-6-16-31-34/h1-16H. The predicted octanol–water partition coefficient (Wildman–Crippen LogP) is 8.56. The third kappa shape index (κ3) is 2.28. The van der Waals surface area contributed by atoms with E-state index in [9.17, 15) is 0 Å². The molecule has 0 aliphatic carbocycles. The van der Waals surface area contributed by atoms with Gasteiger partial charge in [-0.15, -0.1) is 22.7 Å². The minimum absolute atomic E-state index is 0.879. The number of para-hydroxylation sites is 1. The molecule has 0 saturated heterocycles. The Kier molecular flexibility index (Phi) is 3.53. The number of nitrogens with zero attached hydrogens (tertiary/aromatic N) is 4. The number of rotatable bonds is 1. The van der Waals surface area contributed by atoms with Gasteiger partial charge in [0.1, 0.15) is 10.3 Å². The minimum atomic E-state index is 0.879. The zero-order chi connectivity index (χ0) is 23.4. The van der Waals surface area contributed by atoms with Gasteiger partial charge in [0.2, 0.25) is 0 Å². The second kappa shape index (κ2) is 6.69. The quantitative estimate of drug-likeness (QED) is 0.228. The van der Waals surface area contributed by atoms with Crippen LogP contribution in [-0.4, -0.2) is 19.2 Å². The summed E-state index contributed by atoms with van der Waals surface area (Å²) in [5, 5.41) is 10.9. The molecule has 0 saturated carbocycles. The van der Waals surface area contributed by atoms with Crippen molar-refractivity contribution in [2.75, 3.05) is 0 Å². The van der Waals surface area contributed by atoms with Crippen LogP contribution < -0.4 is 0 Å². The molecule has 9 rings (SSSR count). The number of benzene rings is 4. The summed E-state index contributed by atoms with van der Waals surface area (Å²) >= 11 is 3.64. The van der Waals surface area contributed by atoms with E-state index in [1.807, 2.05) is 34.2 Å². The molecule has 0 aliphatic heterocycles. The molecule has 5 aromatic heterocycles. The van der Waals surface area contributed by atoms with Crippen molar-refractivity contribution in [3.63, 3.8) is 0 Å². The number of aromatic nitrogens is 4. The van der Waals surface area contributed by atoms with Gasteiger partial charge in [-0.2, -0.15) is 5.10 Å². The third-order valence-electron chi connectivity index (χ3n) is 7.22. The van der Waals surface area contributed by atoms with Gasteiger partial charge in [0.05, 0.1) is 21.4 Å². The van der Waals surface area contributed by atoms with Gasteiger partial charge >= 0.3 is 0 Å². The lowest BCUT2D eigenvalue weighted by Crippen LogP contribution is -1.94. The largest absolute Gasteiger partial charge is 0.307 e. The molecule has 0 fully saturated rings. The summed E-state index contributed by atoms with van der Waals surface area (Å²) in [6.07, 6.45) is 1.82. The zero-order valence-corrected chi connectivity index (χ0v) is 20.5. The van der Waals surface area contributed by atoms with E-state index in [-0.39, 0.29) is 0 Å². The van der Waals surface area contributed by atoms with Gasteiger partial charge in [-0.3, -0.25) is 0 Å². The van der Waals surface area contributed by atoms with Gasteiger partial charge in [0, 0.05) is 42.5 Å². The number of thiophene rings is 2. The van der Waals surface area contributed by atoms with Gasteiger partial charge in [0.25, 0.3) is 0 Å². The Morgan fingerprint density at radius 3 is 2.44 bits per heavy atom. The summed E-state index contributed by atoms with van der Waals surface area (Å²) in [6.45, 7) is 0. The van der Waals surface area contributed by atoms with Crippen LogP contribution in [0.5, 0.6) is 0 Å². The number of hydrogen-bond acceptors (Lipinski definition) is 4. The van der Waals surface area contributed by atoms with Crippen LogP contribution in [0.3, 0.4) is 0 Å². The molecule has 4 aromatic carbocycles. The first-order valence-corrected chi connectivity index (χ1v) is 13.5. The summed E-state index contributed by atoms with van der Waals surface area (Å²) in [5.41, 5.74) is 5.54. The SMILES string of the molecule is c1ccc2c(c1)sc1c2ccc2c3ccccc3n(-c3cccc4sc5c(nc6cccnn65)c34)c21. The first kappa shape index (κ1) is 19.0. The van der Waals surface area contributed by atoms with Crippen LogP contribution in [0.1, 0.15) is 0 Å². The fourth-order valence-corrected chi connectivity index (χ4v) is 8.11. The van der Waals surface area contributed by atoms with Crippen LogP contribution in [0.15, 0.2) is 97.2 Å². The van der Waals surface area contributed by atoms with E-state index in [2.05, 4.69) is 88.5 Å². The highest BCUT2D eigenvalue weighted by atomic mass is 32.1. The molecule has 4 nitrogen and oxygen atoms in total. The lowest BCUT2D eigenvalue weighted by molar-refractivity contribution is 0.972. The predicted molar refractivity (Wildman–Crippen MR) is 153 cm³/mol. The fourth-order valence-electron chi connectivity index (χ4n) is 5.74. The maximum Gasteiger partial charge on any atom is 0.155 e. The molecular formula is C30H16N4S2. The van der Waals surface area contributed by atoms with Crippen molar-refractivity contribution in [2.24, 2.45) is 0 Å². The van der Waals surface area contributed by atoms with Gasteiger partial charge in [-0.25, -0.2) is 9.50 Å². The maximum atomic E-state index is 5.03. The van der Waals surface area contributed by atoms with Crippen LogP contribution >= 0.6 is 22.7 Å². The van der Waals surface area contributed by atoms with Crippen molar-refractivity contribution in [3.8, 4) is 5.69 Å². The van der Waals surface area contributed by atoms with E-state index < -0.39 is 0 Å². The van der Waals surface area contributed by atoms with E-state index in [0.717, 1.165) is 16.0 Å². The van der Waals surface area contributed by atoms with Gasteiger partial charge in [-0.1, -0.05) is 54.6 Å². The first-order valence-electron chi connectivity index (χ1n) is 11.9. The summed E-state index contributed by atoms with van der Waals surface area (Å²) in [4.78, 5) is 6.12. The molecule has 0 spiro atoms. The first-order chi connectivity index (χ1) is 17.9. The van der Waals surface area contributed by atoms with Crippen molar-refractivity contribution in [2.45, 2.75) is 0 Å². The number of fused-ring (bicyclic) bond motifs is 12. The van der Waals surface area contributed by atoms with Crippen molar-refractivity contribution < 1.29 is 0 Å². The fraction of sp³-hybridized carbons (Fsp3) is 0. The molecule has 0 unspecified atom stereocenters. The van der Waals surface area contributed by atoms with Crippen LogP contribution in [0.4, 0.5) is 0 Å². The lowest BCUT2D eigenvalue weighted by Gasteiger charge is -2.10. The van der Waals surface area contributed by atoms with Crippen LogP contribution in [-0.2, 0) is 0 Å². The van der Waals surface area contributed by atoms with Crippen LogP contribution in [0.2, 0.25) is 0 Å². The van der Waals surface area contributed by atoms with Gasteiger partial charge < -0.3 is 4.57 Å². The van der Waals surface area contributed by atoms with Crippen molar-refractivity contribution in [3.05, 3.63) is 97.2 Å². The van der Waals surface area contributed by atoms with E-state index in [4.69, 9.17) is 4.98 Å². The van der Waals surface area contributed by atoms with Crippen molar-refractivity contribution in [1.29, 1.82) is 0 Å². The molecule has 168 valence electrons. The van der Waals surface area contributed by atoms with E-state index in [0.29, 0.717) is 0 Å². The monoisotopic (exact) mass is 496 g/mol. The second-order valence-electron chi connectivity index (χ2n) is 9.10. The Morgan fingerprint density at radius 1 is 0.639 bits per heavy atom. The highest BCUT2D eigenvalue weighted by Crippen LogP contribution is 2.45. The summed E-state index contributed by atoms with van der Waals surface area (Å²) in [6, 6.07) is 32.6. The summed E-state index contributed by atoms with van der Waals surface area (Å²) < 4.78 is 8.29. The van der Waals surface area contributed by atoms with Crippen molar-refractivity contribution >= 4 is 90.7 Å². The third-order valence-corrected chi connectivity index (χ3v) is 9.53. The van der Waals surface area contributed by atoms with E-state index >= 15 is 0 Å². The maximum absolute atomic E-state index is 5.03. The molecule has 6 heteroatoms. The van der Waals surface area contributed by atoms with Crippen LogP contribution in [0.25, 0.3) is 73.7 Å². The molecule has 0 aliphatic rings. The van der Waals surface area contributed by atoms with Gasteiger partial charge in [0.15, 0.2) is 5.65 Å². The Morgan fingerprint density at radius 2 is 1.47 bits per heavy atom. The summed E-state index contributed by atoms with van der Waals surface area (Å²) in [5.74, 6) is 0. The van der Waals surface area contributed by atoms with Gasteiger partial charge in [-0.05, 0) is 36.4 Å². The molecule has 36 heavy (non-hydrogen) atoms. The molecule has 0 N–H and O–H groups in total. The molecule has 5 heterocycles. The number of hydrogen-bond donors (Lipinski definition) is 0. The zero-order valence-electron chi connectivity index (χ0n) is 18.8. The highest BCUT2D eigenvalue weighted by molar-refractivity contribution is 7.26. The average molecular weight is 497 g/mol. The second-order valence-corrected chi connectivity index (χ2v) is 11.2.